The maximum atomic E-state index is 12.4. The molecule has 0 aliphatic carbocycles. The van der Waals surface area contributed by atoms with Crippen LogP contribution in [-0.2, 0) is 4.79 Å². The SMILES string of the molecule is COc1cc(OC)c(/C=C(\C#N)C(=O)Nc2ccccc2C)cc1Cl. The number of carbonyl (C=O) groups is 1. The average Bonchev–Trinajstić information content (AvgIpc) is 2.61. The molecule has 0 atom stereocenters. The molecule has 1 N–H and O–H groups in total. The molecule has 2 aromatic rings. The molecule has 0 saturated heterocycles. The third kappa shape index (κ3) is 4.31. The highest BCUT2D eigenvalue weighted by molar-refractivity contribution is 6.32. The van der Waals surface area contributed by atoms with Crippen molar-refractivity contribution in [2.24, 2.45) is 0 Å². The Morgan fingerprint density at radius 3 is 2.48 bits per heavy atom. The number of ether oxygens (including phenoxy) is 2. The number of nitrogens with one attached hydrogen (secondary N) is 1. The number of aryl methyl sites for hydroxylation is 1. The number of methoxy groups -OCH3 is 2. The number of amides is 1. The fourth-order valence-corrected chi connectivity index (χ4v) is 2.45. The van der Waals surface area contributed by atoms with Crippen LogP contribution in [0.2, 0.25) is 5.02 Å². The van der Waals surface area contributed by atoms with Gasteiger partial charge in [-0.1, -0.05) is 29.8 Å². The lowest BCUT2D eigenvalue weighted by Gasteiger charge is -2.11. The second-order valence-corrected chi connectivity index (χ2v) is 5.57. The molecule has 2 aromatic carbocycles. The van der Waals surface area contributed by atoms with Gasteiger partial charge in [0.1, 0.15) is 23.1 Å². The number of nitrogens with zero attached hydrogens (tertiary/aromatic N) is 1. The van der Waals surface area contributed by atoms with Crippen LogP contribution >= 0.6 is 11.6 Å². The van der Waals surface area contributed by atoms with Gasteiger partial charge in [0.2, 0.25) is 0 Å². The molecule has 0 aliphatic heterocycles. The summed E-state index contributed by atoms with van der Waals surface area (Å²) in [5.74, 6) is 0.377. The van der Waals surface area contributed by atoms with E-state index in [1.54, 1.807) is 18.2 Å². The fraction of sp³-hybridized carbons (Fsp3) is 0.158. The van der Waals surface area contributed by atoms with Gasteiger partial charge >= 0.3 is 0 Å². The van der Waals surface area contributed by atoms with Crippen molar-refractivity contribution in [3.63, 3.8) is 0 Å². The first-order chi connectivity index (χ1) is 12.0. The number of carbonyl (C=O) groups excluding carboxylic acids is 1. The van der Waals surface area contributed by atoms with E-state index < -0.39 is 5.91 Å². The number of anilines is 1. The molecule has 0 heterocycles. The van der Waals surface area contributed by atoms with Crippen LogP contribution in [-0.4, -0.2) is 20.1 Å². The maximum Gasteiger partial charge on any atom is 0.266 e. The molecule has 0 saturated carbocycles. The fourth-order valence-electron chi connectivity index (χ4n) is 2.20. The number of para-hydroxylation sites is 1. The van der Waals surface area contributed by atoms with E-state index in [0.29, 0.717) is 27.8 Å². The molecule has 0 bridgehead atoms. The first-order valence-electron chi connectivity index (χ1n) is 7.40. The Balaban J connectivity index is 2.37. The second kappa shape index (κ2) is 8.22. The van der Waals surface area contributed by atoms with E-state index >= 15 is 0 Å². The predicted octanol–water partition coefficient (Wildman–Crippen LogP) is 4.21. The van der Waals surface area contributed by atoms with Gasteiger partial charge in [0.25, 0.3) is 5.91 Å². The summed E-state index contributed by atoms with van der Waals surface area (Å²) in [7, 11) is 2.98. The molecule has 1 amide bonds. The zero-order chi connectivity index (χ0) is 18.4. The van der Waals surface area contributed by atoms with E-state index in [1.165, 1.54) is 20.3 Å². The molecule has 0 unspecified atom stereocenters. The summed E-state index contributed by atoms with van der Waals surface area (Å²) < 4.78 is 10.4. The molecule has 5 nitrogen and oxygen atoms in total. The number of benzene rings is 2. The van der Waals surface area contributed by atoms with Crippen molar-refractivity contribution < 1.29 is 14.3 Å². The van der Waals surface area contributed by atoms with Gasteiger partial charge < -0.3 is 14.8 Å². The maximum absolute atomic E-state index is 12.4. The number of rotatable bonds is 5. The van der Waals surface area contributed by atoms with E-state index in [2.05, 4.69) is 5.32 Å². The van der Waals surface area contributed by atoms with Gasteiger partial charge in [-0.05, 0) is 30.7 Å². The van der Waals surface area contributed by atoms with Crippen LogP contribution in [0.5, 0.6) is 11.5 Å². The van der Waals surface area contributed by atoms with Crippen LogP contribution in [0, 0.1) is 18.3 Å². The van der Waals surface area contributed by atoms with E-state index in [1.807, 2.05) is 31.2 Å². The Morgan fingerprint density at radius 1 is 1.20 bits per heavy atom. The molecule has 25 heavy (non-hydrogen) atoms. The van der Waals surface area contributed by atoms with Gasteiger partial charge in [0, 0.05) is 17.3 Å². The Labute approximate surface area is 151 Å². The molecular weight excluding hydrogens is 340 g/mol. The Hall–Kier alpha value is -2.97. The molecule has 0 aromatic heterocycles. The number of hydrogen-bond donors (Lipinski definition) is 1. The zero-order valence-corrected chi connectivity index (χ0v) is 14.8. The highest BCUT2D eigenvalue weighted by atomic mass is 35.5. The van der Waals surface area contributed by atoms with Crippen molar-refractivity contribution in [1.82, 2.24) is 0 Å². The van der Waals surface area contributed by atoms with Crippen molar-refractivity contribution in [1.29, 1.82) is 5.26 Å². The van der Waals surface area contributed by atoms with E-state index in [-0.39, 0.29) is 5.57 Å². The lowest BCUT2D eigenvalue weighted by Crippen LogP contribution is -2.14. The zero-order valence-electron chi connectivity index (χ0n) is 14.1. The molecule has 0 fully saturated rings. The Kier molecular flexibility index (Phi) is 6.04. The quantitative estimate of drug-likeness (QED) is 0.643. The summed E-state index contributed by atoms with van der Waals surface area (Å²) in [6, 6.07) is 12.4. The topological polar surface area (TPSA) is 71.3 Å². The number of hydrogen-bond acceptors (Lipinski definition) is 4. The van der Waals surface area contributed by atoms with Crippen LogP contribution < -0.4 is 14.8 Å². The summed E-state index contributed by atoms with van der Waals surface area (Å²) in [6.07, 6.45) is 1.43. The van der Waals surface area contributed by atoms with Crippen LogP contribution in [0.3, 0.4) is 0 Å². The van der Waals surface area contributed by atoms with E-state index in [4.69, 9.17) is 21.1 Å². The van der Waals surface area contributed by atoms with Gasteiger partial charge in [-0.25, -0.2) is 0 Å². The lowest BCUT2D eigenvalue weighted by molar-refractivity contribution is -0.112. The Morgan fingerprint density at radius 2 is 1.88 bits per heavy atom. The van der Waals surface area contributed by atoms with E-state index in [9.17, 15) is 10.1 Å². The molecular formula is C19H17ClN2O3. The third-order valence-electron chi connectivity index (χ3n) is 3.56. The van der Waals surface area contributed by atoms with Crippen LogP contribution in [0.25, 0.3) is 6.08 Å². The highest BCUT2D eigenvalue weighted by Crippen LogP contribution is 2.33. The number of nitriles is 1. The van der Waals surface area contributed by atoms with Crippen LogP contribution in [0.15, 0.2) is 42.0 Å². The molecule has 0 aliphatic rings. The molecule has 0 spiro atoms. The van der Waals surface area contributed by atoms with Gasteiger partial charge in [-0.15, -0.1) is 0 Å². The first kappa shape index (κ1) is 18.4. The highest BCUT2D eigenvalue weighted by Gasteiger charge is 2.14. The summed E-state index contributed by atoms with van der Waals surface area (Å²) in [6.45, 7) is 1.87. The van der Waals surface area contributed by atoms with Crippen molar-refractivity contribution in [3.05, 3.63) is 58.1 Å². The second-order valence-electron chi connectivity index (χ2n) is 5.17. The minimum absolute atomic E-state index is 0.0669. The molecule has 0 radical (unpaired) electrons. The van der Waals surface area contributed by atoms with E-state index in [0.717, 1.165) is 5.56 Å². The van der Waals surface area contributed by atoms with Gasteiger partial charge in [-0.2, -0.15) is 5.26 Å². The van der Waals surface area contributed by atoms with Gasteiger partial charge in [-0.3, -0.25) is 4.79 Å². The summed E-state index contributed by atoms with van der Waals surface area (Å²) >= 11 is 6.12. The number of halogens is 1. The third-order valence-corrected chi connectivity index (χ3v) is 3.86. The van der Waals surface area contributed by atoms with Gasteiger partial charge in [0.15, 0.2) is 0 Å². The van der Waals surface area contributed by atoms with Crippen LogP contribution in [0.1, 0.15) is 11.1 Å². The predicted molar refractivity (Wildman–Crippen MR) is 98.0 cm³/mol. The normalized spacial score (nSPS) is 10.8. The van der Waals surface area contributed by atoms with Crippen molar-refractivity contribution in [2.75, 3.05) is 19.5 Å². The smallest absolute Gasteiger partial charge is 0.266 e. The molecule has 128 valence electrons. The average molecular weight is 357 g/mol. The first-order valence-corrected chi connectivity index (χ1v) is 7.78. The summed E-state index contributed by atoms with van der Waals surface area (Å²) in [5, 5.41) is 12.4. The lowest BCUT2D eigenvalue weighted by atomic mass is 10.1. The standard InChI is InChI=1S/C19H17ClN2O3/c1-12-6-4-5-7-16(12)22-19(23)14(11-21)8-13-9-15(20)18(25-3)10-17(13)24-2/h4-10H,1-3H3,(H,22,23)/b14-8+. The van der Waals surface area contributed by atoms with Crippen LogP contribution in [0.4, 0.5) is 5.69 Å². The van der Waals surface area contributed by atoms with Gasteiger partial charge in [0.05, 0.1) is 19.2 Å². The minimum Gasteiger partial charge on any atom is -0.496 e. The monoisotopic (exact) mass is 356 g/mol. The Bertz CT molecular complexity index is 869. The molecule has 2 rings (SSSR count). The van der Waals surface area contributed by atoms with Crippen molar-refractivity contribution >= 4 is 29.3 Å². The van der Waals surface area contributed by atoms with Crippen molar-refractivity contribution in [2.45, 2.75) is 6.92 Å². The largest absolute Gasteiger partial charge is 0.496 e. The summed E-state index contributed by atoms with van der Waals surface area (Å²) in [4.78, 5) is 12.4. The molecule has 6 heteroatoms. The summed E-state index contributed by atoms with van der Waals surface area (Å²) in [5.41, 5.74) is 1.99. The van der Waals surface area contributed by atoms with Crippen molar-refractivity contribution in [3.8, 4) is 17.6 Å². The minimum atomic E-state index is -0.509.